The quantitative estimate of drug-likeness (QED) is 0.613. The number of hydrogen-bond donors (Lipinski definition) is 1. The van der Waals surface area contributed by atoms with Crippen LogP contribution < -0.4 is 5.32 Å². The van der Waals surface area contributed by atoms with Crippen LogP contribution >= 0.6 is 0 Å². The molecule has 1 saturated heterocycles. The smallest absolute Gasteiger partial charge is 0.237 e. The average Bonchev–Trinajstić information content (AvgIpc) is 3.29. The minimum absolute atomic E-state index is 0.00308. The Morgan fingerprint density at radius 2 is 1.94 bits per heavy atom. The van der Waals surface area contributed by atoms with Gasteiger partial charge in [0.05, 0.1) is 18.0 Å². The van der Waals surface area contributed by atoms with Crippen LogP contribution in [0.3, 0.4) is 0 Å². The Hall–Kier alpha value is -3.13. The van der Waals surface area contributed by atoms with Gasteiger partial charge in [0.25, 0.3) is 0 Å². The monoisotopic (exact) mass is 440 g/mol. The van der Waals surface area contributed by atoms with E-state index in [9.17, 15) is 13.6 Å². The first kappa shape index (κ1) is 22.1. The Bertz CT molecular complexity index is 1070. The van der Waals surface area contributed by atoms with Crippen molar-refractivity contribution in [3.63, 3.8) is 0 Å². The van der Waals surface area contributed by atoms with E-state index in [1.807, 2.05) is 13.8 Å². The van der Waals surface area contributed by atoms with Crippen molar-refractivity contribution >= 4 is 5.91 Å². The van der Waals surface area contributed by atoms with Gasteiger partial charge in [-0.15, -0.1) is 0 Å². The van der Waals surface area contributed by atoms with E-state index in [0.29, 0.717) is 23.8 Å². The SMILES string of the molecule is CC(NC(=O)C(C)N1CCCC(c2nc(-c3cccc(F)c3)no2)C1)c1ccc(F)cc1. The lowest BCUT2D eigenvalue weighted by atomic mass is 9.96. The van der Waals surface area contributed by atoms with Crippen LogP contribution in [0.4, 0.5) is 8.78 Å². The number of benzene rings is 2. The molecule has 3 aromatic rings. The Morgan fingerprint density at radius 1 is 1.16 bits per heavy atom. The van der Waals surface area contributed by atoms with Crippen LogP contribution in [0.5, 0.6) is 0 Å². The third kappa shape index (κ3) is 5.02. The van der Waals surface area contributed by atoms with Crippen molar-refractivity contribution in [2.45, 2.75) is 44.7 Å². The van der Waals surface area contributed by atoms with Gasteiger partial charge < -0.3 is 9.84 Å². The number of hydrogen-bond acceptors (Lipinski definition) is 5. The normalized spacial score (nSPS) is 18.8. The van der Waals surface area contributed by atoms with E-state index in [2.05, 4.69) is 20.4 Å². The fourth-order valence-electron chi connectivity index (χ4n) is 4.04. The molecule has 3 unspecified atom stereocenters. The molecule has 1 aromatic heterocycles. The zero-order valence-corrected chi connectivity index (χ0v) is 18.1. The van der Waals surface area contributed by atoms with Crippen molar-refractivity contribution in [1.82, 2.24) is 20.4 Å². The molecular formula is C24H26F2N4O2. The molecule has 8 heteroatoms. The number of halogens is 2. The van der Waals surface area contributed by atoms with Gasteiger partial charge in [0.15, 0.2) is 0 Å². The van der Waals surface area contributed by atoms with Crippen molar-refractivity contribution in [2.24, 2.45) is 0 Å². The van der Waals surface area contributed by atoms with E-state index in [1.165, 1.54) is 24.3 Å². The highest BCUT2D eigenvalue weighted by Crippen LogP contribution is 2.29. The van der Waals surface area contributed by atoms with Gasteiger partial charge >= 0.3 is 0 Å². The van der Waals surface area contributed by atoms with E-state index in [4.69, 9.17) is 4.52 Å². The summed E-state index contributed by atoms with van der Waals surface area (Å²) in [7, 11) is 0. The molecule has 0 spiro atoms. The zero-order valence-electron chi connectivity index (χ0n) is 18.1. The maximum Gasteiger partial charge on any atom is 0.237 e. The molecule has 32 heavy (non-hydrogen) atoms. The van der Waals surface area contributed by atoms with Crippen molar-refractivity contribution < 1.29 is 18.1 Å². The standard InChI is InChI=1S/C24H26F2N4O2/c1-15(17-8-10-20(25)11-9-17)27-23(31)16(2)30-12-4-6-19(14-30)24-28-22(29-32-24)18-5-3-7-21(26)13-18/h3,5,7-11,13,15-16,19H,4,6,12,14H2,1-2H3,(H,27,31). The van der Waals surface area contributed by atoms with E-state index in [1.54, 1.807) is 24.3 Å². The number of carbonyl (C=O) groups excluding carboxylic acids is 1. The molecule has 2 aromatic carbocycles. The molecule has 2 heterocycles. The van der Waals surface area contributed by atoms with Crippen LogP contribution in [0.2, 0.25) is 0 Å². The van der Waals surface area contributed by atoms with Gasteiger partial charge in [0.2, 0.25) is 17.6 Å². The molecule has 0 aliphatic carbocycles. The van der Waals surface area contributed by atoms with E-state index >= 15 is 0 Å². The lowest BCUT2D eigenvalue weighted by Gasteiger charge is -2.35. The third-order valence-electron chi connectivity index (χ3n) is 5.98. The summed E-state index contributed by atoms with van der Waals surface area (Å²) in [6.45, 7) is 5.16. The van der Waals surface area contributed by atoms with Crippen LogP contribution in [0.25, 0.3) is 11.4 Å². The van der Waals surface area contributed by atoms with Gasteiger partial charge in [0, 0.05) is 12.1 Å². The van der Waals surface area contributed by atoms with Crippen LogP contribution in [-0.2, 0) is 4.79 Å². The number of amides is 1. The summed E-state index contributed by atoms with van der Waals surface area (Å²) in [6, 6.07) is 11.6. The second kappa shape index (κ2) is 9.56. The van der Waals surface area contributed by atoms with Gasteiger partial charge in [-0.05, 0) is 63.1 Å². The molecule has 1 aliphatic rings. The van der Waals surface area contributed by atoms with E-state index in [0.717, 1.165) is 24.9 Å². The number of carbonyl (C=O) groups is 1. The summed E-state index contributed by atoms with van der Waals surface area (Å²) in [6.07, 6.45) is 1.77. The molecular weight excluding hydrogens is 414 g/mol. The number of rotatable bonds is 6. The first-order valence-electron chi connectivity index (χ1n) is 10.8. The lowest BCUT2D eigenvalue weighted by molar-refractivity contribution is -0.127. The van der Waals surface area contributed by atoms with Gasteiger partial charge in [-0.1, -0.05) is 29.4 Å². The molecule has 1 N–H and O–H groups in total. The van der Waals surface area contributed by atoms with E-state index < -0.39 is 0 Å². The summed E-state index contributed by atoms with van der Waals surface area (Å²) < 4.78 is 32.1. The molecule has 1 aliphatic heterocycles. The summed E-state index contributed by atoms with van der Waals surface area (Å²) in [4.78, 5) is 19.4. The minimum atomic E-state index is -0.354. The topological polar surface area (TPSA) is 71.3 Å². The molecule has 168 valence electrons. The number of likely N-dealkylation sites (tertiary alicyclic amines) is 1. The van der Waals surface area contributed by atoms with Gasteiger partial charge in [-0.25, -0.2) is 8.78 Å². The average molecular weight is 440 g/mol. The highest BCUT2D eigenvalue weighted by molar-refractivity contribution is 5.81. The minimum Gasteiger partial charge on any atom is -0.348 e. The van der Waals surface area contributed by atoms with Crippen LogP contribution in [0, 0.1) is 11.6 Å². The highest BCUT2D eigenvalue weighted by Gasteiger charge is 2.31. The lowest BCUT2D eigenvalue weighted by Crippen LogP contribution is -2.49. The molecule has 0 saturated carbocycles. The largest absolute Gasteiger partial charge is 0.348 e. The second-order valence-electron chi connectivity index (χ2n) is 8.26. The van der Waals surface area contributed by atoms with Gasteiger partial charge in [-0.2, -0.15) is 4.98 Å². The molecule has 3 atom stereocenters. The molecule has 4 rings (SSSR count). The van der Waals surface area contributed by atoms with E-state index in [-0.39, 0.29) is 35.5 Å². The first-order valence-corrected chi connectivity index (χ1v) is 10.8. The van der Waals surface area contributed by atoms with Crippen molar-refractivity contribution in [2.75, 3.05) is 13.1 Å². The molecule has 1 amide bonds. The van der Waals surface area contributed by atoms with Crippen LogP contribution in [0.1, 0.15) is 50.1 Å². The molecule has 1 fully saturated rings. The zero-order chi connectivity index (χ0) is 22.7. The van der Waals surface area contributed by atoms with Gasteiger partial charge in [-0.3, -0.25) is 9.69 Å². The fraction of sp³-hybridized carbons (Fsp3) is 0.375. The number of piperidine rings is 1. The second-order valence-corrected chi connectivity index (χ2v) is 8.26. The van der Waals surface area contributed by atoms with Crippen LogP contribution in [-0.4, -0.2) is 40.1 Å². The van der Waals surface area contributed by atoms with Crippen LogP contribution in [0.15, 0.2) is 53.1 Å². The van der Waals surface area contributed by atoms with Gasteiger partial charge in [0.1, 0.15) is 11.6 Å². The Labute approximate surface area is 185 Å². The maximum atomic E-state index is 13.5. The Balaban J connectivity index is 1.39. The van der Waals surface area contributed by atoms with Crippen molar-refractivity contribution in [3.05, 3.63) is 71.6 Å². The maximum absolute atomic E-state index is 13.5. The summed E-state index contributed by atoms with van der Waals surface area (Å²) in [5.41, 5.74) is 1.41. The molecule has 0 bridgehead atoms. The Kier molecular flexibility index (Phi) is 6.60. The number of nitrogens with one attached hydrogen (secondary N) is 1. The number of nitrogens with zero attached hydrogens (tertiary/aromatic N) is 3. The summed E-state index contributed by atoms with van der Waals surface area (Å²) in [5.74, 6) is 0.113. The van der Waals surface area contributed by atoms with Crippen molar-refractivity contribution in [1.29, 1.82) is 0 Å². The molecule has 6 nitrogen and oxygen atoms in total. The Morgan fingerprint density at radius 3 is 2.69 bits per heavy atom. The molecule has 0 radical (unpaired) electrons. The fourth-order valence-corrected chi connectivity index (χ4v) is 4.04. The summed E-state index contributed by atoms with van der Waals surface area (Å²) in [5, 5.41) is 7.02. The predicted octanol–water partition coefficient (Wildman–Crippen LogP) is 4.46. The summed E-state index contributed by atoms with van der Waals surface area (Å²) >= 11 is 0. The highest BCUT2D eigenvalue weighted by atomic mass is 19.1. The van der Waals surface area contributed by atoms with Crippen molar-refractivity contribution in [3.8, 4) is 11.4 Å². The first-order chi connectivity index (χ1) is 15.4. The number of aromatic nitrogens is 2. The third-order valence-corrected chi connectivity index (χ3v) is 5.98. The predicted molar refractivity (Wildman–Crippen MR) is 116 cm³/mol.